The van der Waals surface area contributed by atoms with Gasteiger partial charge in [-0.05, 0) is 30.0 Å². The van der Waals surface area contributed by atoms with Crippen molar-refractivity contribution in [2.45, 2.75) is 33.2 Å². The quantitative estimate of drug-likeness (QED) is 0.698. The average Bonchev–Trinajstić information content (AvgIpc) is 2.70. The number of fused-ring (bicyclic) bond motifs is 1. The third-order valence-electron chi connectivity index (χ3n) is 4.79. The number of hydrogen-bond acceptors (Lipinski definition) is 4. The van der Waals surface area contributed by atoms with E-state index in [0.29, 0.717) is 10.8 Å². The van der Waals surface area contributed by atoms with Gasteiger partial charge >= 0.3 is 0 Å². The molecule has 0 aliphatic rings. The molecule has 0 saturated heterocycles. The first-order valence-corrected chi connectivity index (χ1v) is 9.44. The zero-order chi connectivity index (χ0) is 21.1. The Hall–Kier alpha value is -3.48. The maximum absolute atomic E-state index is 12.8. The van der Waals surface area contributed by atoms with Crippen LogP contribution in [0.5, 0.6) is 0 Å². The van der Waals surface area contributed by atoms with Crippen LogP contribution in [0.15, 0.2) is 47.3 Å². The normalized spacial score (nSPS) is 10.9. The van der Waals surface area contributed by atoms with E-state index in [0.717, 1.165) is 21.5 Å². The first-order valence-electron chi connectivity index (χ1n) is 9.44. The van der Waals surface area contributed by atoms with Crippen LogP contribution in [0.2, 0.25) is 0 Å². The number of nitrogens with one attached hydrogen (secondary N) is 2. The summed E-state index contributed by atoms with van der Waals surface area (Å²) in [5, 5.41) is 10.4. The molecule has 0 radical (unpaired) electrons. The highest BCUT2D eigenvalue weighted by atomic mass is 16.2. The summed E-state index contributed by atoms with van der Waals surface area (Å²) in [7, 11) is 1.49. The molecule has 2 aromatic carbocycles. The molecule has 150 valence electrons. The number of hydrogen-bond donors (Lipinski definition) is 2. The molecule has 0 aliphatic carbocycles. The van der Waals surface area contributed by atoms with Crippen molar-refractivity contribution in [2.75, 3.05) is 12.4 Å². The molecule has 0 fully saturated rings. The van der Waals surface area contributed by atoms with Crippen molar-refractivity contribution in [2.24, 2.45) is 0 Å². The van der Waals surface area contributed by atoms with Crippen LogP contribution < -0.4 is 16.2 Å². The lowest BCUT2D eigenvalue weighted by atomic mass is 9.98. The van der Waals surface area contributed by atoms with Gasteiger partial charge in [0, 0.05) is 18.1 Å². The Bertz CT molecular complexity index is 1150. The van der Waals surface area contributed by atoms with Crippen LogP contribution in [-0.4, -0.2) is 28.6 Å². The highest BCUT2D eigenvalue weighted by molar-refractivity contribution is 6.04. The molecule has 0 atom stereocenters. The van der Waals surface area contributed by atoms with Gasteiger partial charge in [-0.15, -0.1) is 0 Å². The first-order chi connectivity index (χ1) is 13.8. The number of carbonyl (C=O) groups excluding carboxylic acids is 2. The number of amides is 2. The van der Waals surface area contributed by atoms with Crippen molar-refractivity contribution < 1.29 is 9.59 Å². The molecule has 29 heavy (non-hydrogen) atoms. The summed E-state index contributed by atoms with van der Waals surface area (Å²) in [4.78, 5) is 37.8. The summed E-state index contributed by atoms with van der Waals surface area (Å²) in [5.74, 6) is -0.572. The Kier molecular flexibility index (Phi) is 5.77. The van der Waals surface area contributed by atoms with E-state index in [1.54, 1.807) is 24.3 Å². The van der Waals surface area contributed by atoms with E-state index in [4.69, 9.17) is 0 Å². The standard InChI is InChI=1S/C22H24N4O3/c1-13(2)15-11-7-8-14(3)19(15)24-18(27)12-26-22(29)17-10-6-5-9-16(17)20(25-26)21(28)23-4/h5-11,13H,12H2,1-4H3,(H,23,28)(H,24,27). The SMILES string of the molecule is CNC(=O)c1nn(CC(=O)Nc2c(C)cccc2C(C)C)c(=O)c2ccccc12. The van der Waals surface area contributed by atoms with Crippen molar-refractivity contribution in [3.63, 3.8) is 0 Å². The third kappa shape index (κ3) is 4.03. The van der Waals surface area contributed by atoms with Gasteiger partial charge in [-0.25, -0.2) is 4.68 Å². The average molecular weight is 392 g/mol. The second-order valence-corrected chi connectivity index (χ2v) is 7.18. The molecule has 1 aromatic heterocycles. The van der Waals surface area contributed by atoms with E-state index in [1.165, 1.54) is 7.05 Å². The highest BCUT2D eigenvalue weighted by Gasteiger charge is 2.18. The summed E-state index contributed by atoms with van der Waals surface area (Å²) in [6, 6.07) is 12.6. The summed E-state index contributed by atoms with van der Waals surface area (Å²) in [5.41, 5.74) is 2.39. The van der Waals surface area contributed by atoms with Crippen LogP contribution in [0.25, 0.3) is 10.8 Å². The Morgan fingerprint density at radius 3 is 2.41 bits per heavy atom. The number of aromatic nitrogens is 2. The maximum atomic E-state index is 12.8. The van der Waals surface area contributed by atoms with Crippen molar-refractivity contribution in [3.8, 4) is 0 Å². The van der Waals surface area contributed by atoms with Crippen LogP contribution >= 0.6 is 0 Å². The van der Waals surface area contributed by atoms with Gasteiger partial charge in [-0.1, -0.05) is 50.2 Å². The van der Waals surface area contributed by atoms with Crippen LogP contribution in [0.1, 0.15) is 41.4 Å². The predicted octanol–water partition coefficient (Wildman–Crippen LogP) is 2.83. The Morgan fingerprint density at radius 2 is 1.76 bits per heavy atom. The third-order valence-corrected chi connectivity index (χ3v) is 4.79. The molecule has 7 heteroatoms. The minimum atomic E-state index is -0.420. The van der Waals surface area contributed by atoms with Gasteiger partial charge in [0.2, 0.25) is 5.91 Å². The molecular weight excluding hydrogens is 368 g/mol. The fourth-order valence-corrected chi connectivity index (χ4v) is 3.29. The number of anilines is 1. The molecule has 2 N–H and O–H groups in total. The monoisotopic (exact) mass is 392 g/mol. The fourth-order valence-electron chi connectivity index (χ4n) is 3.29. The van der Waals surface area contributed by atoms with E-state index in [9.17, 15) is 14.4 Å². The lowest BCUT2D eigenvalue weighted by Gasteiger charge is -2.17. The zero-order valence-corrected chi connectivity index (χ0v) is 16.9. The largest absolute Gasteiger partial charge is 0.354 e. The van der Waals surface area contributed by atoms with Crippen molar-refractivity contribution in [1.29, 1.82) is 0 Å². The lowest BCUT2D eigenvalue weighted by molar-refractivity contribution is -0.117. The van der Waals surface area contributed by atoms with E-state index >= 15 is 0 Å². The molecule has 3 aromatic rings. The molecule has 2 amide bonds. The highest BCUT2D eigenvalue weighted by Crippen LogP contribution is 2.27. The second-order valence-electron chi connectivity index (χ2n) is 7.18. The maximum Gasteiger partial charge on any atom is 0.275 e. The van der Waals surface area contributed by atoms with Crippen LogP contribution in [-0.2, 0) is 11.3 Å². The van der Waals surface area contributed by atoms with E-state index in [1.807, 2.05) is 25.1 Å². The van der Waals surface area contributed by atoms with Crippen LogP contribution in [0.3, 0.4) is 0 Å². The van der Waals surface area contributed by atoms with Crippen molar-refractivity contribution in [3.05, 3.63) is 69.6 Å². The number of nitrogens with zero attached hydrogens (tertiary/aromatic N) is 2. The Labute approximate surface area is 168 Å². The molecular formula is C22H24N4O3. The molecule has 0 unspecified atom stereocenters. The van der Waals surface area contributed by atoms with Crippen LogP contribution in [0.4, 0.5) is 5.69 Å². The molecule has 0 bridgehead atoms. The van der Waals surface area contributed by atoms with Gasteiger partial charge in [-0.2, -0.15) is 5.10 Å². The number of rotatable bonds is 5. The summed E-state index contributed by atoms with van der Waals surface area (Å²) >= 11 is 0. The van der Waals surface area contributed by atoms with Gasteiger partial charge in [-0.3, -0.25) is 14.4 Å². The van der Waals surface area contributed by atoms with Crippen LogP contribution in [0, 0.1) is 6.92 Å². The minimum absolute atomic E-state index is 0.106. The number of benzene rings is 2. The molecule has 1 heterocycles. The summed E-state index contributed by atoms with van der Waals surface area (Å²) in [6.07, 6.45) is 0. The van der Waals surface area contributed by atoms with E-state index in [-0.39, 0.29) is 24.1 Å². The Morgan fingerprint density at radius 1 is 1.07 bits per heavy atom. The first kappa shape index (κ1) is 20.3. The van der Waals surface area contributed by atoms with Crippen molar-refractivity contribution >= 4 is 28.3 Å². The summed E-state index contributed by atoms with van der Waals surface area (Å²) in [6.45, 7) is 5.73. The van der Waals surface area contributed by atoms with E-state index in [2.05, 4.69) is 29.6 Å². The Balaban J connectivity index is 1.99. The number of carbonyl (C=O) groups is 2. The zero-order valence-electron chi connectivity index (χ0n) is 16.9. The van der Waals surface area contributed by atoms with Gasteiger partial charge < -0.3 is 10.6 Å². The predicted molar refractivity (Wildman–Crippen MR) is 113 cm³/mol. The second kappa shape index (κ2) is 8.26. The number of aryl methyl sites for hydroxylation is 1. The van der Waals surface area contributed by atoms with Gasteiger partial charge in [0.25, 0.3) is 11.5 Å². The molecule has 3 rings (SSSR count). The topological polar surface area (TPSA) is 93.1 Å². The summed E-state index contributed by atoms with van der Waals surface area (Å²) < 4.78 is 1.04. The fraction of sp³-hybridized carbons (Fsp3) is 0.273. The minimum Gasteiger partial charge on any atom is -0.354 e. The van der Waals surface area contributed by atoms with Crippen molar-refractivity contribution in [1.82, 2.24) is 15.1 Å². The number of para-hydroxylation sites is 1. The molecule has 7 nitrogen and oxygen atoms in total. The molecule has 0 saturated carbocycles. The molecule has 0 spiro atoms. The molecule has 0 aliphatic heterocycles. The smallest absolute Gasteiger partial charge is 0.275 e. The van der Waals surface area contributed by atoms with E-state index < -0.39 is 11.5 Å². The van der Waals surface area contributed by atoms with Gasteiger partial charge in [0.1, 0.15) is 6.54 Å². The van der Waals surface area contributed by atoms with Gasteiger partial charge in [0.15, 0.2) is 5.69 Å². The van der Waals surface area contributed by atoms with Gasteiger partial charge in [0.05, 0.1) is 5.39 Å². The lowest BCUT2D eigenvalue weighted by Crippen LogP contribution is -2.33.